The fraction of sp³-hybridized carbons (Fsp3) is 1.00. The van der Waals surface area contributed by atoms with Crippen molar-refractivity contribution in [2.45, 2.75) is 31.8 Å². The van der Waals surface area contributed by atoms with E-state index in [2.05, 4.69) is 4.84 Å². The van der Waals surface area contributed by atoms with Gasteiger partial charge in [-0.05, 0) is 18.8 Å². The van der Waals surface area contributed by atoms with Gasteiger partial charge in [-0.3, -0.25) is 4.84 Å². The van der Waals surface area contributed by atoms with Crippen molar-refractivity contribution in [1.82, 2.24) is 0 Å². The van der Waals surface area contributed by atoms with Crippen LogP contribution in [0.5, 0.6) is 0 Å². The predicted molar refractivity (Wildman–Crippen MR) is 45.4 cm³/mol. The smallest absolute Gasteiger partial charge is 0.104 e. The molecule has 0 aromatic rings. The molecule has 0 aliphatic heterocycles. The van der Waals surface area contributed by atoms with Crippen molar-refractivity contribution in [3.8, 4) is 0 Å². The molecule has 3 nitrogen and oxygen atoms in total. The van der Waals surface area contributed by atoms with Crippen LogP contribution >= 0.6 is 12.4 Å². The first-order chi connectivity index (χ1) is 4.88. The SMILES string of the molecule is Cl.NOC(CO)C1CCCC1. The molecular weight excluding hydrogens is 166 g/mol. The molecule has 68 valence electrons. The topological polar surface area (TPSA) is 55.5 Å². The van der Waals surface area contributed by atoms with E-state index < -0.39 is 0 Å². The van der Waals surface area contributed by atoms with E-state index in [1.165, 1.54) is 12.8 Å². The number of rotatable bonds is 3. The van der Waals surface area contributed by atoms with Gasteiger partial charge in [0.25, 0.3) is 0 Å². The molecule has 0 radical (unpaired) electrons. The highest BCUT2D eigenvalue weighted by atomic mass is 35.5. The van der Waals surface area contributed by atoms with Gasteiger partial charge >= 0.3 is 0 Å². The Balaban J connectivity index is 0.000001000. The molecule has 1 aliphatic carbocycles. The molecule has 1 fully saturated rings. The number of hydrogen-bond acceptors (Lipinski definition) is 3. The molecule has 0 saturated heterocycles. The molecule has 1 aliphatic rings. The fourth-order valence-corrected chi connectivity index (χ4v) is 1.63. The van der Waals surface area contributed by atoms with Gasteiger partial charge in [-0.25, -0.2) is 5.90 Å². The van der Waals surface area contributed by atoms with Gasteiger partial charge in [0, 0.05) is 0 Å². The second kappa shape index (κ2) is 5.77. The van der Waals surface area contributed by atoms with Crippen LogP contribution in [0.1, 0.15) is 25.7 Å². The van der Waals surface area contributed by atoms with E-state index in [9.17, 15) is 0 Å². The second-order valence-corrected chi connectivity index (χ2v) is 2.90. The van der Waals surface area contributed by atoms with Crippen LogP contribution in [0.25, 0.3) is 0 Å². The zero-order chi connectivity index (χ0) is 7.40. The number of hydrogen-bond donors (Lipinski definition) is 2. The van der Waals surface area contributed by atoms with Gasteiger partial charge in [-0.15, -0.1) is 12.4 Å². The Kier molecular flexibility index (Phi) is 5.86. The third kappa shape index (κ3) is 2.95. The Morgan fingerprint density at radius 1 is 1.45 bits per heavy atom. The third-order valence-electron chi connectivity index (χ3n) is 2.28. The van der Waals surface area contributed by atoms with Gasteiger partial charge in [0.2, 0.25) is 0 Å². The lowest BCUT2D eigenvalue weighted by Gasteiger charge is -2.17. The van der Waals surface area contributed by atoms with Gasteiger partial charge in [-0.2, -0.15) is 0 Å². The summed E-state index contributed by atoms with van der Waals surface area (Å²) in [6.07, 6.45) is 4.70. The Bertz CT molecular complexity index is 92.4. The van der Waals surface area contributed by atoms with E-state index in [-0.39, 0.29) is 25.1 Å². The summed E-state index contributed by atoms with van der Waals surface area (Å²) in [6, 6.07) is 0. The number of nitrogens with two attached hydrogens (primary N) is 1. The van der Waals surface area contributed by atoms with Gasteiger partial charge in [0.1, 0.15) is 6.10 Å². The minimum absolute atomic E-state index is 0. The van der Waals surface area contributed by atoms with Crippen molar-refractivity contribution in [2.24, 2.45) is 11.8 Å². The highest BCUT2D eigenvalue weighted by Gasteiger charge is 2.24. The lowest BCUT2D eigenvalue weighted by atomic mass is 10.0. The Morgan fingerprint density at radius 3 is 2.36 bits per heavy atom. The van der Waals surface area contributed by atoms with Crippen LogP contribution < -0.4 is 5.90 Å². The molecule has 0 amide bonds. The second-order valence-electron chi connectivity index (χ2n) is 2.90. The summed E-state index contributed by atoms with van der Waals surface area (Å²) >= 11 is 0. The maximum atomic E-state index is 8.78. The molecule has 1 unspecified atom stereocenters. The van der Waals surface area contributed by atoms with Crippen LogP contribution in [0.3, 0.4) is 0 Å². The largest absolute Gasteiger partial charge is 0.394 e. The van der Waals surface area contributed by atoms with Gasteiger partial charge in [0.05, 0.1) is 6.61 Å². The number of aliphatic hydroxyl groups is 1. The van der Waals surface area contributed by atoms with E-state index in [0.29, 0.717) is 5.92 Å². The maximum Gasteiger partial charge on any atom is 0.104 e. The molecule has 0 bridgehead atoms. The van der Waals surface area contributed by atoms with E-state index in [1.807, 2.05) is 0 Å². The first-order valence-corrected chi connectivity index (χ1v) is 3.85. The van der Waals surface area contributed by atoms with Crippen LogP contribution in [0.15, 0.2) is 0 Å². The van der Waals surface area contributed by atoms with E-state index in [1.54, 1.807) is 0 Å². The predicted octanol–water partition coefficient (Wildman–Crippen LogP) is 0.850. The standard InChI is InChI=1S/C7H15NO2.ClH/c8-10-7(5-9)6-3-1-2-4-6;/h6-7,9H,1-5,8H2;1H. The molecule has 1 atom stereocenters. The molecule has 3 N–H and O–H groups in total. The Hall–Kier alpha value is 0.170. The highest BCUT2D eigenvalue weighted by Crippen LogP contribution is 2.28. The quantitative estimate of drug-likeness (QED) is 0.635. The summed E-state index contributed by atoms with van der Waals surface area (Å²) in [5.74, 6) is 5.50. The van der Waals surface area contributed by atoms with Gasteiger partial charge in [-0.1, -0.05) is 12.8 Å². The van der Waals surface area contributed by atoms with Crippen molar-refractivity contribution in [3.05, 3.63) is 0 Å². The van der Waals surface area contributed by atoms with Crippen LogP contribution in [-0.4, -0.2) is 17.8 Å². The molecule has 1 saturated carbocycles. The molecule has 4 heteroatoms. The Labute approximate surface area is 73.3 Å². The van der Waals surface area contributed by atoms with Crippen molar-refractivity contribution in [2.75, 3.05) is 6.61 Å². The van der Waals surface area contributed by atoms with Crippen molar-refractivity contribution < 1.29 is 9.94 Å². The average Bonchev–Trinajstić information content (AvgIpc) is 2.43. The number of halogens is 1. The molecule has 1 rings (SSSR count). The van der Waals surface area contributed by atoms with Crippen molar-refractivity contribution >= 4 is 12.4 Å². The minimum atomic E-state index is -0.123. The number of aliphatic hydroxyl groups excluding tert-OH is 1. The first-order valence-electron chi connectivity index (χ1n) is 3.85. The molecule has 0 spiro atoms. The normalized spacial score (nSPS) is 21.3. The lowest BCUT2D eigenvalue weighted by molar-refractivity contribution is -0.0230. The average molecular weight is 182 g/mol. The summed E-state index contributed by atoms with van der Waals surface area (Å²) in [5.41, 5.74) is 0. The van der Waals surface area contributed by atoms with Crippen LogP contribution in [0.4, 0.5) is 0 Å². The molecule has 0 heterocycles. The maximum absolute atomic E-state index is 8.78. The molecule has 0 aromatic heterocycles. The van der Waals surface area contributed by atoms with Crippen LogP contribution in [0.2, 0.25) is 0 Å². The van der Waals surface area contributed by atoms with Gasteiger partial charge < -0.3 is 5.11 Å². The summed E-state index contributed by atoms with van der Waals surface area (Å²) in [7, 11) is 0. The minimum Gasteiger partial charge on any atom is -0.394 e. The van der Waals surface area contributed by atoms with Crippen LogP contribution in [-0.2, 0) is 4.84 Å². The van der Waals surface area contributed by atoms with Crippen molar-refractivity contribution in [3.63, 3.8) is 0 Å². The molecule has 11 heavy (non-hydrogen) atoms. The third-order valence-corrected chi connectivity index (χ3v) is 2.28. The molecule has 0 aromatic carbocycles. The van der Waals surface area contributed by atoms with E-state index >= 15 is 0 Å². The Morgan fingerprint density at radius 2 is 2.00 bits per heavy atom. The zero-order valence-corrected chi connectivity index (χ0v) is 7.35. The summed E-state index contributed by atoms with van der Waals surface area (Å²) < 4.78 is 0. The summed E-state index contributed by atoms with van der Waals surface area (Å²) in [6.45, 7) is 0.0567. The lowest BCUT2D eigenvalue weighted by Crippen LogP contribution is -2.28. The van der Waals surface area contributed by atoms with Gasteiger partial charge in [0.15, 0.2) is 0 Å². The monoisotopic (exact) mass is 181 g/mol. The summed E-state index contributed by atoms with van der Waals surface area (Å²) in [5, 5.41) is 8.78. The fourth-order valence-electron chi connectivity index (χ4n) is 1.63. The first kappa shape index (κ1) is 11.2. The van der Waals surface area contributed by atoms with Crippen LogP contribution in [0, 0.1) is 5.92 Å². The zero-order valence-electron chi connectivity index (χ0n) is 6.53. The molecular formula is C7H16ClNO2. The summed E-state index contributed by atoms with van der Waals surface area (Å²) in [4.78, 5) is 4.63. The van der Waals surface area contributed by atoms with E-state index in [4.69, 9.17) is 11.0 Å². The highest BCUT2D eigenvalue weighted by molar-refractivity contribution is 5.85. The van der Waals surface area contributed by atoms with E-state index in [0.717, 1.165) is 12.8 Å². The van der Waals surface area contributed by atoms with Crippen molar-refractivity contribution in [1.29, 1.82) is 0 Å².